The molecule has 0 radical (unpaired) electrons. The average Bonchev–Trinajstić information content (AvgIpc) is 3.38. The molecule has 2 amide bonds. The Bertz CT molecular complexity index is 1200. The number of hydrogen-bond donors (Lipinski definition) is 2. The number of aryl methyl sites for hydroxylation is 1. The lowest BCUT2D eigenvalue weighted by Gasteiger charge is -2.29. The molecule has 2 aromatic rings. The van der Waals surface area contributed by atoms with Crippen molar-refractivity contribution in [2.45, 2.75) is 25.1 Å². The maximum absolute atomic E-state index is 14.2. The van der Waals surface area contributed by atoms with Gasteiger partial charge in [-0.1, -0.05) is 45.9 Å². The highest BCUT2D eigenvalue weighted by Crippen LogP contribution is 2.51. The van der Waals surface area contributed by atoms with Crippen LogP contribution >= 0.6 is 46.1 Å². The third-order valence-corrected chi connectivity index (χ3v) is 7.32. The fourth-order valence-electron chi connectivity index (χ4n) is 3.13. The van der Waals surface area contributed by atoms with Gasteiger partial charge >= 0.3 is 6.18 Å². The average molecular weight is 553 g/mol. The Hall–Kier alpha value is -2.45. The van der Waals surface area contributed by atoms with Crippen molar-refractivity contribution in [1.29, 1.82) is 0 Å². The molecule has 6 nitrogen and oxygen atoms in total. The summed E-state index contributed by atoms with van der Waals surface area (Å²) in [6, 6.07) is 3.59. The number of terminal acetylenes is 1. The smallest absolute Gasteiger partial charge is 0.374 e. The largest absolute Gasteiger partial charge is 0.435 e. The topological polar surface area (TPSA) is 79.8 Å². The SMILES string of the molecule is C#CCNC(=O)CNC(=O)c1sc(C2=NO[C@](c3cc(Cl)c(Cl)c(Cl)c3)(C(F)(F)F)C2)cc1C. The Morgan fingerprint density at radius 2 is 1.88 bits per heavy atom. The molecule has 0 aliphatic carbocycles. The molecule has 2 heterocycles. The van der Waals surface area contributed by atoms with Crippen LogP contribution in [0.1, 0.15) is 32.1 Å². The van der Waals surface area contributed by atoms with E-state index in [2.05, 4.69) is 21.7 Å². The minimum absolute atomic E-state index is 0.0153. The Morgan fingerprint density at radius 1 is 1.24 bits per heavy atom. The normalized spacial score (nSPS) is 17.5. The van der Waals surface area contributed by atoms with E-state index in [1.165, 1.54) is 6.07 Å². The summed E-state index contributed by atoms with van der Waals surface area (Å²) >= 11 is 18.7. The van der Waals surface area contributed by atoms with Crippen molar-refractivity contribution in [1.82, 2.24) is 10.6 Å². The van der Waals surface area contributed by atoms with Crippen molar-refractivity contribution in [2.24, 2.45) is 5.16 Å². The van der Waals surface area contributed by atoms with Gasteiger partial charge in [0.15, 0.2) is 0 Å². The summed E-state index contributed by atoms with van der Waals surface area (Å²) in [5.41, 5.74) is -2.72. The van der Waals surface area contributed by atoms with Crippen LogP contribution in [0.25, 0.3) is 0 Å². The van der Waals surface area contributed by atoms with Crippen molar-refractivity contribution >= 4 is 63.7 Å². The van der Waals surface area contributed by atoms with Gasteiger partial charge in [0, 0.05) is 5.56 Å². The molecule has 1 aromatic heterocycles. The first kappa shape index (κ1) is 26.2. The van der Waals surface area contributed by atoms with Gasteiger partial charge in [0.05, 0.1) is 44.3 Å². The van der Waals surface area contributed by atoms with Crippen molar-refractivity contribution in [3.63, 3.8) is 0 Å². The highest BCUT2D eigenvalue weighted by molar-refractivity contribution is 7.16. The Labute approximate surface area is 211 Å². The Balaban J connectivity index is 1.84. The first-order chi connectivity index (χ1) is 15.9. The second kappa shape index (κ2) is 10.0. The van der Waals surface area contributed by atoms with Crippen LogP contribution in [0.2, 0.25) is 15.1 Å². The second-order valence-corrected chi connectivity index (χ2v) is 9.42. The molecule has 1 aliphatic rings. The third kappa shape index (κ3) is 5.13. The zero-order chi connectivity index (χ0) is 25.3. The van der Waals surface area contributed by atoms with Crippen LogP contribution in [-0.4, -0.2) is 36.8 Å². The maximum atomic E-state index is 14.2. The summed E-state index contributed by atoms with van der Waals surface area (Å²) in [6.45, 7) is 1.31. The molecule has 1 aromatic carbocycles. The van der Waals surface area contributed by atoms with Gasteiger partial charge < -0.3 is 15.5 Å². The Kier molecular flexibility index (Phi) is 7.72. The number of alkyl halides is 3. The quantitative estimate of drug-likeness (QED) is 0.388. The van der Waals surface area contributed by atoms with Crippen molar-refractivity contribution in [3.05, 3.63) is 54.1 Å². The van der Waals surface area contributed by atoms with Crippen molar-refractivity contribution in [3.8, 4) is 12.3 Å². The number of nitrogens with one attached hydrogen (secondary N) is 2. The van der Waals surface area contributed by atoms with Crippen LogP contribution in [0.4, 0.5) is 13.2 Å². The number of nitrogens with zero attached hydrogens (tertiary/aromatic N) is 1. The number of carbonyl (C=O) groups is 2. The molecule has 34 heavy (non-hydrogen) atoms. The number of hydrogen-bond acceptors (Lipinski definition) is 5. The molecule has 0 fully saturated rings. The third-order valence-electron chi connectivity index (χ3n) is 4.84. The highest BCUT2D eigenvalue weighted by atomic mass is 35.5. The Morgan fingerprint density at radius 3 is 2.47 bits per heavy atom. The molecule has 13 heteroatoms. The molecule has 2 N–H and O–H groups in total. The molecule has 0 spiro atoms. The fraction of sp³-hybridized carbons (Fsp3) is 0.286. The number of rotatable bonds is 6. The summed E-state index contributed by atoms with van der Waals surface area (Å²) in [5, 5.41) is 8.10. The minimum atomic E-state index is -4.88. The summed E-state index contributed by atoms with van der Waals surface area (Å²) in [4.78, 5) is 29.6. The van der Waals surface area contributed by atoms with Crippen LogP contribution < -0.4 is 10.6 Å². The van der Waals surface area contributed by atoms with Gasteiger partial charge in [-0.05, 0) is 30.7 Å². The van der Waals surface area contributed by atoms with Gasteiger partial charge in [-0.2, -0.15) is 13.2 Å². The summed E-state index contributed by atoms with van der Waals surface area (Å²) < 4.78 is 42.6. The highest BCUT2D eigenvalue weighted by Gasteiger charge is 2.62. The first-order valence-corrected chi connectivity index (χ1v) is 11.4. The van der Waals surface area contributed by atoms with E-state index in [0.717, 1.165) is 23.5 Å². The summed E-state index contributed by atoms with van der Waals surface area (Å²) in [7, 11) is 0. The van der Waals surface area contributed by atoms with E-state index in [4.69, 9.17) is 46.1 Å². The van der Waals surface area contributed by atoms with Gasteiger partial charge in [-0.15, -0.1) is 17.8 Å². The standard InChI is InChI=1S/C21H15Cl3F3N3O3S/c1-3-4-28-16(31)9-29-19(32)18-10(2)5-15(34-18)14-8-20(33-30-14,21(25,26)27)11-6-12(22)17(24)13(23)7-11/h1,5-7H,4,8-9H2,2H3,(H,28,31)(H,29,32)/t20-/m1/s1. The molecule has 0 bridgehead atoms. The number of amides is 2. The second-order valence-electron chi connectivity index (χ2n) is 7.17. The molecular weight excluding hydrogens is 538 g/mol. The molecular formula is C21H15Cl3F3N3O3S. The van der Waals surface area contributed by atoms with Crippen LogP contribution in [-0.2, 0) is 15.2 Å². The number of benzene rings is 1. The minimum Gasteiger partial charge on any atom is -0.374 e. The van der Waals surface area contributed by atoms with Gasteiger partial charge in [0.1, 0.15) is 5.71 Å². The van der Waals surface area contributed by atoms with Gasteiger partial charge in [0.25, 0.3) is 11.5 Å². The lowest BCUT2D eigenvalue weighted by atomic mass is 9.88. The summed E-state index contributed by atoms with van der Waals surface area (Å²) in [5.74, 6) is 1.18. The number of thiophene rings is 1. The fourth-order valence-corrected chi connectivity index (χ4v) is 4.79. The number of carbonyl (C=O) groups excluding carboxylic acids is 2. The molecule has 3 rings (SSSR count). The lowest BCUT2D eigenvalue weighted by Crippen LogP contribution is -2.42. The van der Waals surface area contributed by atoms with E-state index in [1.807, 2.05) is 0 Å². The van der Waals surface area contributed by atoms with E-state index >= 15 is 0 Å². The van der Waals surface area contributed by atoms with E-state index in [-0.39, 0.29) is 44.3 Å². The van der Waals surface area contributed by atoms with Crippen LogP contribution in [0, 0.1) is 19.3 Å². The molecule has 180 valence electrons. The first-order valence-electron chi connectivity index (χ1n) is 9.45. The van der Waals surface area contributed by atoms with Crippen molar-refractivity contribution < 1.29 is 27.6 Å². The van der Waals surface area contributed by atoms with E-state index in [1.54, 1.807) is 6.92 Å². The van der Waals surface area contributed by atoms with Gasteiger partial charge in [-0.3, -0.25) is 9.59 Å². The molecule has 0 saturated carbocycles. The number of halogens is 6. The van der Waals surface area contributed by atoms with Gasteiger partial charge in [-0.25, -0.2) is 0 Å². The van der Waals surface area contributed by atoms with E-state index in [0.29, 0.717) is 10.4 Å². The predicted molar refractivity (Wildman–Crippen MR) is 125 cm³/mol. The van der Waals surface area contributed by atoms with Crippen molar-refractivity contribution in [2.75, 3.05) is 13.1 Å². The van der Waals surface area contributed by atoms with Crippen LogP contribution in [0.5, 0.6) is 0 Å². The zero-order valence-corrected chi connectivity index (χ0v) is 20.4. The van der Waals surface area contributed by atoms with E-state index < -0.39 is 30.0 Å². The molecule has 1 atom stereocenters. The monoisotopic (exact) mass is 551 g/mol. The molecule has 1 aliphatic heterocycles. The molecule has 0 unspecified atom stereocenters. The molecule has 0 saturated heterocycles. The predicted octanol–water partition coefficient (Wildman–Crippen LogP) is 5.08. The zero-order valence-electron chi connectivity index (χ0n) is 17.3. The van der Waals surface area contributed by atoms with Crippen LogP contribution in [0.3, 0.4) is 0 Å². The summed E-state index contributed by atoms with van der Waals surface area (Å²) in [6.07, 6.45) is -0.509. The van der Waals surface area contributed by atoms with Crippen LogP contribution in [0.15, 0.2) is 23.4 Å². The maximum Gasteiger partial charge on any atom is 0.435 e. The lowest BCUT2D eigenvalue weighted by molar-refractivity contribution is -0.275. The van der Waals surface area contributed by atoms with E-state index in [9.17, 15) is 22.8 Å². The van der Waals surface area contributed by atoms with Gasteiger partial charge in [0.2, 0.25) is 5.91 Å². The number of oxime groups is 1.